The van der Waals surface area contributed by atoms with Crippen LogP contribution in [0.1, 0.15) is 11.1 Å². The lowest BCUT2D eigenvalue weighted by Gasteiger charge is -2.37. The standard InChI is InChI=1S/C15H12F5NO2/c1-23-12-4-2-3-11(9-12)13(22,10-5-7-21-8-6-10)14(16,17)15(18,19)20/h2-9,22H,1H3. The van der Waals surface area contributed by atoms with Crippen LogP contribution in [0.4, 0.5) is 22.0 Å². The van der Waals surface area contributed by atoms with Crippen LogP contribution in [0.5, 0.6) is 5.75 Å². The van der Waals surface area contributed by atoms with Crippen molar-refractivity contribution in [1.29, 1.82) is 0 Å². The molecule has 2 aromatic rings. The maximum absolute atomic E-state index is 14.2. The average Bonchev–Trinajstić information content (AvgIpc) is 2.53. The lowest BCUT2D eigenvalue weighted by Crippen LogP contribution is -2.55. The molecule has 0 fully saturated rings. The van der Waals surface area contributed by atoms with Crippen LogP contribution in [0.2, 0.25) is 0 Å². The fraction of sp³-hybridized carbons (Fsp3) is 0.267. The SMILES string of the molecule is COc1cccc(C(O)(c2ccncc2)C(F)(F)C(F)(F)F)c1. The van der Waals surface area contributed by atoms with E-state index in [-0.39, 0.29) is 5.75 Å². The van der Waals surface area contributed by atoms with Crippen molar-refractivity contribution in [1.82, 2.24) is 4.98 Å². The van der Waals surface area contributed by atoms with E-state index in [2.05, 4.69) is 4.98 Å². The van der Waals surface area contributed by atoms with Crippen molar-refractivity contribution in [2.75, 3.05) is 7.11 Å². The fourth-order valence-electron chi connectivity index (χ4n) is 2.18. The zero-order valence-electron chi connectivity index (χ0n) is 11.8. The quantitative estimate of drug-likeness (QED) is 0.871. The van der Waals surface area contributed by atoms with E-state index in [4.69, 9.17) is 4.74 Å². The minimum absolute atomic E-state index is 0.0351. The van der Waals surface area contributed by atoms with Crippen LogP contribution in [0, 0.1) is 0 Å². The van der Waals surface area contributed by atoms with Gasteiger partial charge in [-0.1, -0.05) is 12.1 Å². The molecule has 23 heavy (non-hydrogen) atoms. The monoisotopic (exact) mass is 333 g/mol. The molecule has 0 saturated carbocycles. The number of ether oxygens (including phenoxy) is 1. The zero-order valence-corrected chi connectivity index (χ0v) is 11.8. The van der Waals surface area contributed by atoms with Crippen LogP contribution >= 0.6 is 0 Å². The van der Waals surface area contributed by atoms with Crippen molar-refractivity contribution in [3.63, 3.8) is 0 Å². The second-order valence-electron chi connectivity index (χ2n) is 4.75. The summed E-state index contributed by atoms with van der Waals surface area (Å²) < 4.78 is 71.9. The lowest BCUT2D eigenvalue weighted by atomic mass is 9.81. The third-order valence-corrected chi connectivity index (χ3v) is 3.40. The Morgan fingerprint density at radius 1 is 0.957 bits per heavy atom. The van der Waals surface area contributed by atoms with E-state index in [0.29, 0.717) is 0 Å². The van der Waals surface area contributed by atoms with E-state index in [1.807, 2.05) is 0 Å². The number of rotatable bonds is 4. The molecule has 0 aliphatic rings. The summed E-state index contributed by atoms with van der Waals surface area (Å²) in [6.45, 7) is 0. The second-order valence-corrected chi connectivity index (χ2v) is 4.75. The van der Waals surface area contributed by atoms with Crippen LogP contribution in [-0.4, -0.2) is 29.3 Å². The van der Waals surface area contributed by atoms with Crippen LogP contribution in [0.15, 0.2) is 48.8 Å². The molecule has 0 radical (unpaired) electrons. The summed E-state index contributed by atoms with van der Waals surface area (Å²) in [6.07, 6.45) is -3.92. The Labute approximate surface area is 128 Å². The first kappa shape index (κ1) is 17.1. The first-order valence-electron chi connectivity index (χ1n) is 6.36. The number of hydrogen-bond acceptors (Lipinski definition) is 3. The molecule has 1 heterocycles. The van der Waals surface area contributed by atoms with E-state index < -0.39 is 28.8 Å². The van der Waals surface area contributed by atoms with E-state index in [0.717, 1.165) is 36.7 Å². The van der Waals surface area contributed by atoms with E-state index in [1.54, 1.807) is 0 Å². The third-order valence-electron chi connectivity index (χ3n) is 3.40. The number of aromatic nitrogens is 1. The van der Waals surface area contributed by atoms with Gasteiger partial charge in [-0.05, 0) is 35.4 Å². The molecular formula is C15H12F5NO2. The third kappa shape index (κ3) is 2.74. The van der Waals surface area contributed by atoms with Crippen molar-refractivity contribution in [2.45, 2.75) is 17.7 Å². The van der Waals surface area contributed by atoms with E-state index >= 15 is 0 Å². The molecule has 0 bridgehead atoms. The minimum Gasteiger partial charge on any atom is -0.497 e. The van der Waals surface area contributed by atoms with Crippen molar-refractivity contribution in [3.05, 3.63) is 59.9 Å². The highest BCUT2D eigenvalue weighted by atomic mass is 19.4. The zero-order chi connectivity index (χ0) is 17.3. The summed E-state index contributed by atoms with van der Waals surface area (Å²) >= 11 is 0. The lowest BCUT2D eigenvalue weighted by molar-refractivity contribution is -0.336. The predicted molar refractivity (Wildman–Crippen MR) is 71.2 cm³/mol. The van der Waals surface area contributed by atoms with Gasteiger partial charge in [-0.25, -0.2) is 0 Å². The second kappa shape index (κ2) is 5.77. The topological polar surface area (TPSA) is 42.4 Å². The molecule has 1 atom stereocenters. The molecule has 0 aliphatic carbocycles. The van der Waals surface area contributed by atoms with Crippen molar-refractivity contribution >= 4 is 0 Å². The number of aliphatic hydroxyl groups is 1. The molecule has 1 N–H and O–H groups in total. The Hall–Kier alpha value is -2.22. The van der Waals surface area contributed by atoms with Gasteiger partial charge in [0.05, 0.1) is 7.11 Å². The van der Waals surface area contributed by atoms with Gasteiger partial charge >= 0.3 is 12.1 Å². The van der Waals surface area contributed by atoms with Gasteiger partial charge in [0.15, 0.2) is 5.60 Å². The summed E-state index contributed by atoms with van der Waals surface area (Å²) in [7, 11) is 1.23. The first-order chi connectivity index (χ1) is 10.6. The number of nitrogens with zero attached hydrogens (tertiary/aromatic N) is 1. The largest absolute Gasteiger partial charge is 0.497 e. The summed E-state index contributed by atoms with van der Waals surface area (Å²) in [5.74, 6) is -5.40. The molecule has 1 aromatic heterocycles. The number of alkyl halides is 5. The van der Waals surface area contributed by atoms with E-state index in [9.17, 15) is 27.1 Å². The van der Waals surface area contributed by atoms with Gasteiger partial charge in [-0.15, -0.1) is 0 Å². The summed E-state index contributed by atoms with van der Waals surface area (Å²) in [6, 6.07) is 6.29. The number of pyridine rings is 1. The Bertz CT molecular complexity index is 675. The average molecular weight is 333 g/mol. The van der Waals surface area contributed by atoms with Crippen molar-refractivity contribution in [2.24, 2.45) is 0 Å². The highest BCUT2D eigenvalue weighted by Gasteiger charge is 2.71. The smallest absolute Gasteiger partial charge is 0.457 e. The van der Waals surface area contributed by atoms with Gasteiger partial charge in [0.1, 0.15) is 5.75 Å². The molecule has 1 aromatic carbocycles. The highest BCUT2D eigenvalue weighted by Crippen LogP contribution is 2.51. The molecule has 8 heteroatoms. The van der Waals surface area contributed by atoms with Crippen LogP contribution in [-0.2, 0) is 5.60 Å². The summed E-state index contributed by atoms with van der Waals surface area (Å²) in [5, 5.41) is 10.5. The van der Waals surface area contributed by atoms with Crippen LogP contribution in [0.3, 0.4) is 0 Å². The van der Waals surface area contributed by atoms with Gasteiger partial charge in [0.25, 0.3) is 0 Å². The molecular weight excluding hydrogens is 321 g/mol. The number of hydrogen-bond donors (Lipinski definition) is 1. The molecule has 0 spiro atoms. The normalized spacial score (nSPS) is 15.1. The van der Waals surface area contributed by atoms with Crippen LogP contribution in [0.25, 0.3) is 0 Å². The Morgan fingerprint density at radius 3 is 2.09 bits per heavy atom. The van der Waals surface area contributed by atoms with Gasteiger partial charge < -0.3 is 9.84 Å². The minimum atomic E-state index is -5.96. The van der Waals surface area contributed by atoms with Gasteiger partial charge in [-0.3, -0.25) is 4.98 Å². The van der Waals surface area contributed by atoms with Crippen LogP contribution < -0.4 is 4.74 Å². The van der Waals surface area contributed by atoms with Gasteiger partial charge in [0.2, 0.25) is 0 Å². The molecule has 1 unspecified atom stereocenters. The Kier molecular flexibility index (Phi) is 4.30. The number of halogens is 5. The number of benzene rings is 1. The first-order valence-corrected chi connectivity index (χ1v) is 6.36. The van der Waals surface area contributed by atoms with Gasteiger partial charge in [-0.2, -0.15) is 22.0 Å². The van der Waals surface area contributed by atoms with Crippen molar-refractivity contribution in [3.8, 4) is 5.75 Å². The molecule has 124 valence electrons. The van der Waals surface area contributed by atoms with Gasteiger partial charge in [0, 0.05) is 12.4 Å². The number of methoxy groups -OCH3 is 1. The summed E-state index contributed by atoms with van der Waals surface area (Å²) in [4.78, 5) is 3.57. The van der Waals surface area contributed by atoms with Crippen molar-refractivity contribution < 1.29 is 31.8 Å². The maximum Gasteiger partial charge on any atom is 0.457 e. The molecule has 0 amide bonds. The fourth-order valence-corrected chi connectivity index (χ4v) is 2.18. The Morgan fingerprint density at radius 2 is 1.57 bits per heavy atom. The molecule has 0 saturated heterocycles. The van der Waals surface area contributed by atoms with E-state index in [1.165, 1.54) is 19.2 Å². The highest BCUT2D eigenvalue weighted by molar-refractivity contribution is 5.42. The molecule has 3 nitrogen and oxygen atoms in total. The summed E-state index contributed by atoms with van der Waals surface area (Å²) in [5.41, 5.74) is -4.91. The Balaban J connectivity index is 2.75. The molecule has 0 aliphatic heterocycles. The molecule has 2 rings (SSSR count). The maximum atomic E-state index is 14.2. The predicted octanol–water partition coefficient (Wildman–Crippen LogP) is 3.52.